The second-order valence-electron chi connectivity index (χ2n) is 7.15. The van der Waals surface area contributed by atoms with E-state index in [1.54, 1.807) is 11.3 Å². The van der Waals surface area contributed by atoms with Crippen LogP contribution in [0.15, 0.2) is 21.9 Å². The summed E-state index contributed by atoms with van der Waals surface area (Å²) in [5.41, 5.74) is 0.727. The Hall–Kier alpha value is -1.66. The first-order chi connectivity index (χ1) is 12.6. The maximum absolute atomic E-state index is 12.2. The zero-order chi connectivity index (χ0) is 18.4. The molecule has 1 N–H and O–H groups in total. The van der Waals surface area contributed by atoms with Gasteiger partial charge in [-0.15, -0.1) is 11.3 Å². The van der Waals surface area contributed by atoms with E-state index in [9.17, 15) is 4.79 Å². The van der Waals surface area contributed by atoms with Gasteiger partial charge >= 0.3 is 0 Å². The van der Waals surface area contributed by atoms with Crippen molar-refractivity contribution in [2.45, 2.75) is 57.9 Å². The number of nitrogens with one attached hydrogen (secondary N) is 1. The molecule has 5 nitrogen and oxygen atoms in total. The van der Waals surface area contributed by atoms with Gasteiger partial charge < -0.3 is 14.6 Å². The number of aromatic nitrogens is 1. The molecule has 1 fully saturated rings. The minimum atomic E-state index is 0.0134. The second kappa shape index (κ2) is 9.33. The third-order valence-electron chi connectivity index (χ3n) is 5.16. The molecule has 0 atom stereocenters. The van der Waals surface area contributed by atoms with Crippen LogP contribution in [-0.4, -0.2) is 42.0 Å². The van der Waals surface area contributed by atoms with E-state index in [1.165, 1.54) is 32.1 Å². The van der Waals surface area contributed by atoms with Gasteiger partial charge in [0.25, 0.3) is 0 Å². The topological polar surface area (TPSA) is 58.4 Å². The van der Waals surface area contributed by atoms with Crippen LogP contribution in [0.2, 0.25) is 0 Å². The van der Waals surface area contributed by atoms with E-state index < -0.39 is 0 Å². The van der Waals surface area contributed by atoms with E-state index in [4.69, 9.17) is 4.42 Å². The number of thiophene rings is 1. The van der Waals surface area contributed by atoms with Gasteiger partial charge in [-0.3, -0.25) is 4.79 Å². The van der Waals surface area contributed by atoms with Gasteiger partial charge in [-0.1, -0.05) is 25.3 Å². The zero-order valence-electron chi connectivity index (χ0n) is 15.8. The first kappa shape index (κ1) is 19.1. The predicted octanol–water partition coefficient (Wildman–Crippen LogP) is 4.02. The van der Waals surface area contributed by atoms with Gasteiger partial charge in [0.05, 0.1) is 17.0 Å². The van der Waals surface area contributed by atoms with Gasteiger partial charge in [-0.25, -0.2) is 4.98 Å². The number of hydrogen-bond acceptors (Lipinski definition) is 5. The quantitative estimate of drug-likeness (QED) is 0.708. The third kappa shape index (κ3) is 5.17. The predicted molar refractivity (Wildman–Crippen MR) is 105 cm³/mol. The molecule has 0 bridgehead atoms. The molecule has 2 aromatic rings. The van der Waals surface area contributed by atoms with Crippen molar-refractivity contribution in [3.63, 3.8) is 0 Å². The highest BCUT2D eigenvalue weighted by Crippen LogP contribution is 2.26. The molecule has 3 rings (SSSR count). The number of hydrogen-bond donors (Lipinski definition) is 1. The minimum absolute atomic E-state index is 0.0134. The number of rotatable bonds is 8. The lowest BCUT2D eigenvalue weighted by molar-refractivity contribution is -0.120. The standard InChI is InChI=1S/C20H29N3O2S/c1-15-17(22-20(25-15)18-10-6-13-26-18)14-19(24)21-11-7-12-23(2)16-8-4-3-5-9-16/h6,10,13,16H,3-5,7-9,11-12,14H2,1-2H3,(H,21,24). The highest BCUT2D eigenvalue weighted by Gasteiger charge is 2.18. The SMILES string of the molecule is Cc1oc(-c2cccs2)nc1CC(=O)NCCCN(C)C1CCCCC1. The van der Waals surface area contributed by atoms with Gasteiger partial charge in [-0.05, 0) is 51.2 Å². The minimum Gasteiger partial charge on any atom is -0.440 e. The Morgan fingerprint density at radius 3 is 2.92 bits per heavy atom. The molecule has 0 saturated heterocycles. The van der Waals surface area contributed by atoms with Crippen molar-refractivity contribution in [3.8, 4) is 10.8 Å². The Morgan fingerprint density at radius 2 is 2.19 bits per heavy atom. The van der Waals surface area contributed by atoms with E-state index in [0.29, 0.717) is 12.4 Å². The summed E-state index contributed by atoms with van der Waals surface area (Å²) in [6.45, 7) is 3.62. The summed E-state index contributed by atoms with van der Waals surface area (Å²) in [7, 11) is 2.21. The molecule has 0 spiro atoms. The summed E-state index contributed by atoms with van der Waals surface area (Å²) < 4.78 is 5.70. The molecule has 2 aromatic heterocycles. The molecule has 1 amide bonds. The van der Waals surface area contributed by atoms with Crippen LogP contribution in [0.4, 0.5) is 0 Å². The molecular formula is C20H29N3O2S. The molecule has 1 aliphatic carbocycles. The maximum atomic E-state index is 12.2. The largest absolute Gasteiger partial charge is 0.440 e. The van der Waals surface area contributed by atoms with Crippen molar-refractivity contribution in [1.29, 1.82) is 0 Å². The van der Waals surface area contributed by atoms with Crippen molar-refractivity contribution in [2.75, 3.05) is 20.1 Å². The van der Waals surface area contributed by atoms with Crippen LogP contribution in [0.3, 0.4) is 0 Å². The van der Waals surface area contributed by atoms with Crippen molar-refractivity contribution in [3.05, 3.63) is 29.0 Å². The third-order valence-corrected chi connectivity index (χ3v) is 6.02. The van der Waals surface area contributed by atoms with E-state index in [1.807, 2.05) is 24.4 Å². The highest BCUT2D eigenvalue weighted by atomic mass is 32.1. The smallest absolute Gasteiger partial charge is 0.236 e. The Labute approximate surface area is 159 Å². The number of carbonyl (C=O) groups excluding carboxylic acids is 1. The van der Waals surface area contributed by atoms with Crippen LogP contribution in [-0.2, 0) is 11.2 Å². The first-order valence-corrected chi connectivity index (χ1v) is 10.5. The summed E-state index contributed by atoms with van der Waals surface area (Å²) in [5, 5.41) is 5.01. The summed E-state index contributed by atoms with van der Waals surface area (Å²) in [5.74, 6) is 1.34. The van der Waals surface area contributed by atoms with Gasteiger partial charge in [0.2, 0.25) is 11.8 Å². The van der Waals surface area contributed by atoms with Crippen LogP contribution >= 0.6 is 11.3 Å². The Bertz CT molecular complexity index is 690. The van der Waals surface area contributed by atoms with Crippen molar-refractivity contribution in [1.82, 2.24) is 15.2 Å². The summed E-state index contributed by atoms with van der Waals surface area (Å²) >= 11 is 1.59. The first-order valence-electron chi connectivity index (χ1n) is 9.60. The van der Waals surface area contributed by atoms with Crippen molar-refractivity contribution >= 4 is 17.2 Å². The lowest BCUT2D eigenvalue weighted by Crippen LogP contribution is -2.36. The molecule has 1 saturated carbocycles. The zero-order valence-corrected chi connectivity index (χ0v) is 16.6. The summed E-state index contributed by atoms with van der Waals surface area (Å²) in [6.07, 6.45) is 8.00. The molecular weight excluding hydrogens is 346 g/mol. The maximum Gasteiger partial charge on any atom is 0.236 e. The number of aryl methyl sites for hydroxylation is 1. The molecule has 0 unspecified atom stereocenters. The lowest BCUT2D eigenvalue weighted by atomic mass is 9.94. The molecule has 0 radical (unpaired) electrons. The summed E-state index contributed by atoms with van der Waals surface area (Å²) in [4.78, 5) is 20.1. The highest BCUT2D eigenvalue weighted by molar-refractivity contribution is 7.13. The molecule has 2 heterocycles. The number of carbonyl (C=O) groups is 1. The van der Waals surface area contributed by atoms with Crippen LogP contribution in [0, 0.1) is 6.92 Å². The van der Waals surface area contributed by atoms with Crippen LogP contribution in [0.1, 0.15) is 50.0 Å². The van der Waals surface area contributed by atoms with E-state index in [-0.39, 0.29) is 12.3 Å². The molecule has 0 aromatic carbocycles. The van der Waals surface area contributed by atoms with E-state index in [2.05, 4.69) is 22.2 Å². The molecule has 142 valence electrons. The Kier molecular flexibility index (Phi) is 6.86. The van der Waals surface area contributed by atoms with Crippen LogP contribution in [0.5, 0.6) is 0 Å². The number of amides is 1. The normalized spacial score (nSPS) is 15.5. The average Bonchev–Trinajstić information content (AvgIpc) is 3.30. The fourth-order valence-corrected chi connectivity index (χ4v) is 4.22. The van der Waals surface area contributed by atoms with Gasteiger partial charge in [0.15, 0.2) is 0 Å². The van der Waals surface area contributed by atoms with Crippen LogP contribution in [0.25, 0.3) is 10.8 Å². The van der Waals surface area contributed by atoms with E-state index >= 15 is 0 Å². The molecule has 6 heteroatoms. The summed E-state index contributed by atoms with van der Waals surface area (Å²) in [6, 6.07) is 4.67. The van der Waals surface area contributed by atoms with E-state index in [0.717, 1.165) is 35.3 Å². The average molecular weight is 376 g/mol. The number of oxazole rings is 1. The van der Waals surface area contributed by atoms with Gasteiger partial charge in [0, 0.05) is 12.6 Å². The molecule has 26 heavy (non-hydrogen) atoms. The monoisotopic (exact) mass is 375 g/mol. The van der Waals surface area contributed by atoms with Crippen molar-refractivity contribution < 1.29 is 9.21 Å². The van der Waals surface area contributed by atoms with Crippen LogP contribution < -0.4 is 5.32 Å². The Balaban J connectivity index is 1.39. The fourth-order valence-electron chi connectivity index (χ4n) is 3.57. The second-order valence-corrected chi connectivity index (χ2v) is 8.10. The molecule has 1 aliphatic rings. The number of nitrogens with zero attached hydrogens (tertiary/aromatic N) is 2. The van der Waals surface area contributed by atoms with Gasteiger partial charge in [0.1, 0.15) is 5.76 Å². The fraction of sp³-hybridized carbons (Fsp3) is 0.600. The Morgan fingerprint density at radius 1 is 1.38 bits per heavy atom. The van der Waals surface area contributed by atoms with Crippen molar-refractivity contribution in [2.24, 2.45) is 0 Å². The lowest BCUT2D eigenvalue weighted by Gasteiger charge is -2.31. The molecule has 0 aliphatic heterocycles. The van der Waals surface area contributed by atoms with Gasteiger partial charge in [-0.2, -0.15) is 0 Å².